The molecule has 0 saturated heterocycles. The van der Waals surface area contributed by atoms with Gasteiger partial charge in [-0.2, -0.15) is 0 Å². The molecule has 4 heteroatoms. The van der Waals surface area contributed by atoms with E-state index < -0.39 is 0 Å². The van der Waals surface area contributed by atoms with Crippen molar-refractivity contribution in [2.75, 3.05) is 13.6 Å². The SMILES string of the molecule is CN=C(NCCc1ccco1)NCc1ccc2c(c1)CCC2. The first-order valence-corrected chi connectivity index (χ1v) is 7.93. The molecule has 0 spiro atoms. The van der Waals surface area contributed by atoms with Gasteiger partial charge in [-0.3, -0.25) is 4.99 Å². The van der Waals surface area contributed by atoms with Crippen molar-refractivity contribution in [1.82, 2.24) is 10.6 Å². The van der Waals surface area contributed by atoms with Gasteiger partial charge in [0.2, 0.25) is 0 Å². The van der Waals surface area contributed by atoms with Gasteiger partial charge >= 0.3 is 0 Å². The van der Waals surface area contributed by atoms with Gasteiger partial charge < -0.3 is 15.1 Å². The molecule has 22 heavy (non-hydrogen) atoms. The van der Waals surface area contributed by atoms with E-state index in [0.29, 0.717) is 0 Å². The number of furan rings is 1. The maximum Gasteiger partial charge on any atom is 0.191 e. The van der Waals surface area contributed by atoms with Crippen molar-refractivity contribution in [2.45, 2.75) is 32.2 Å². The number of hydrogen-bond donors (Lipinski definition) is 2. The second-order valence-electron chi connectivity index (χ2n) is 5.64. The first-order valence-electron chi connectivity index (χ1n) is 7.93. The minimum Gasteiger partial charge on any atom is -0.469 e. The molecule has 0 aliphatic heterocycles. The third-order valence-corrected chi connectivity index (χ3v) is 4.09. The van der Waals surface area contributed by atoms with E-state index in [1.54, 1.807) is 13.3 Å². The summed E-state index contributed by atoms with van der Waals surface area (Å²) in [5.74, 6) is 1.81. The van der Waals surface area contributed by atoms with E-state index in [9.17, 15) is 0 Å². The van der Waals surface area contributed by atoms with Gasteiger partial charge in [0.1, 0.15) is 5.76 Å². The molecule has 0 atom stereocenters. The number of benzene rings is 1. The van der Waals surface area contributed by atoms with Gasteiger partial charge in [0, 0.05) is 26.6 Å². The average molecular weight is 297 g/mol. The Hall–Kier alpha value is -2.23. The Bertz CT molecular complexity index is 632. The number of guanidine groups is 1. The molecule has 1 aromatic carbocycles. The average Bonchev–Trinajstić information content (AvgIpc) is 3.21. The zero-order valence-corrected chi connectivity index (χ0v) is 13.1. The lowest BCUT2D eigenvalue weighted by Gasteiger charge is -2.12. The molecule has 1 heterocycles. The summed E-state index contributed by atoms with van der Waals surface area (Å²) in [6.45, 7) is 1.60. The van der Waals surface area contributed by atoms with Crippen LogP contribution in [0.25, 0.3) is 0 Å². The first-order chi connectivity index (χ1) is 10.8. The molecule has 2 N–H and O–H groups in total. The van der Waals surface area contributed by atoms with E-state index >= 15 is 0 Å². The zero-order valence-electron chi connectivity index (χ0n) is 13.1. The molecule has 0 radical (unpaired) electrons. The van der Waals surface area contributed by atoms with Gasteiger partial charge in [-0.25, -0.2) is 0 Å². The van der Waals surface area contributed by atoms with Crippen LogP contribution in [0.2, 0.25) is 0 Å². The molecule has 0 amide bonds. The fraction of sp³-hybridized carbons (Fsp3) is 0.389. The molecule has 1 aliphatic carbocycles. The summed E-state index contributed by atoms with van der Waals surface area (Å²) in [6.07, 6.45) is 6.31. The summed E-state index contributed by atoms with van der Waals surface area (Å²) in [5.41, 5.74) is 4.35. The van der Waals surface area contributed by atoms with Crippen molar-refractivity contribution < 1.29 is 4.42 Å². The monoisotopic (exact) mass is 297 g/mol. The van der Waals surface area contributed by atoms with Crippen LogP contribution in [0.4, 0.5) is 0 Å². The lowest BCUT2D eigenvalue weighted by atomic mass is 10.1. The standard InChI is InChI=1S/C18H23N3O/c1-19-18(20-10-9-17-6-3-11-22-17)21-13-14-7-8-15-4-2-5-16(15)12-14/h3,6-8,11-12H,2,4-5,9-10,13H2,1H3,(H2,19,20,21). The Morgan fingerprint density at radius 1 is 1.18 bits per heavy atom. The highest BCUT2D eigenvalue weighted by atomic mass is 16.3. The van der Waals surface area contributed by atoms with Crippen molar-refractivity contribution in [1.29, 1.82) is 0 Å². The van der Waals surface area contributed by atoms with Crippen molar-refractivity contribution in [3.63, 3.8) is 0 Å². The Morgan fingerprint density at radius 2 is 2.09 bits per heavy atom. The predicted octanol–water partition coefficient (Wildman–Crippen LogP) is 2.68. The van der Waals surface area contributed by atoms with Crippen LogP contribution in [0, 0.1) is 0 Å². The molecule has 0 unspecified atom stereocenters. The minimum absolute atomic E-state index is 0.799. The molecular weight excluding hydrogens is 274 g/mol. The van der Waals surface area contributed by atoms with Crippen molar-refractivity contribution in [3.05, 3.63) is 59.0 Å². The lowest BCUT2D eigenvalue weighted by Crippen LogP contribution is -2.37. The number of fused-ring (bicyclic) bond motifs is 1. The molecule has 1 aliphatic rings. The van der Waals surface area contributed by atoms with Gasteiger partial charge in [-0.15, -0.1) is 0 Å². The molecular formula is C18H23N3O. The van der Waals surface area contributed by atoms with Gasteiger partial charge in [0.15, 0.2) is 5.96 Å². The van der Waals surface area contributed by atoms with Crippen molar-refractivity contribution >= 4 is 5.96 Å². The van der Waals surface area contributed by atoms with Gasteiger partial charge in [-0.05, 0) is 48.1 Å². The van der Waals surface area contributed by atoms with Crippen LogP contribution in [0.3, 0.4) is 0 Å². The Morgan fingerprint density at radius 3 is 2.91 bits per heavy atom. The number of nitrogens with one attached hydrogen (secondary N) is 2. The molecule has 116 valence electrons. The van der Waals surface area contributed by atoms with Gasteiger partial charge in [0.05, 0.1) is 6.26 Å². The second-order valence-corrected chi connectivity index (χ2v) is 5.64. The summed E-state index contributed by atoms with van der Waals surface area (Å²) >= 11 is 0. The number of aliphatic imine (C=N–C) groups is 1. The Kier molecular flexibility index (Phi) is 4.78. The number of aryl methyl sites for hydroxylation is 2. The van der Waals surface area contributed by atoms with E-state index in [-0.39, 0.29) is 0 Å². The van der Waals surface area contributed by atoms with E-state index in [1.165, 1.54) is 36.0 Å². The van der Waals surface area contributed by atoms with Crippen LogP contribution in [0.15, 0.2) is 46.0 Å². The van der Waals surface area contributed by atoms with Crippen LogP contribution in [-0.2, 0) is 25.8 Å². The molecule has 0 saturated carbocycles. The Labute approximate surface area is 131 Å². The molecule has 0 bridgehead atoms. The third kappa shape index (κ3) is 3.70. The zero-order chi connectivity index (χ0) is 15.2. The summed E-state index contributed by atoms with van der Waals surface area (Å²) in [6, 6.07) is 10.7. The molecule has 2 aromatic rings. The molecule has 1 aromatic heterocycles. The van der Waals surface area contributed by atoms with E-state index in [4.69, 9.17) is 4.42 Å². The highest BCUT2D eigenvalue weighted by Crippen LogP contribution is 2.22. The first kappa shape index (κ1) is 14.7. The third-order valence-electron chi connectivity index (χ3n) is 4.09. The lowest BCUT2D eigenvalue weighted by molar-refractivity contribution is 0.507. The fourth-order valence-electron chi connectivity index (χ4n) is 2.90. The maximum atomic E-state index is 5.32. The van der Waals surface area contributed by atoms with Crippen LogP contribution >= 0.6 is 0 Å². The summed E-state index contributed by atoms with van der Waals surface area (Å²) in [5, 5.41) is 6.67. The molecule has 3 rings (SSSR count). The largest absolute Gasteiger partial charge is 0.469 e. The highest BCUT2D eigenvalue weighted by Gasteiger charge is 2.10. The number of rotatable bonds is 5. The number of hydrogen-bond acceptors (Lipinski definition) is 2. The predicted molar refractivity (Wildman–Crippen MR) is 89.1 cm³/mol. The summed E-state index contributed by atoms with van der Waals surface area (Å²) in [4.78, 5) is 4.26. The van der Waals surface area contributed by atoms with Crippen molar-refractivity contribution in [2.24, 2.45) is 4.99 Å². The van der Waals surface area contributed by atoms with Crippen LogP contribution in [0.5, 0.6) is 0 Å². The smallest absolute Gasteiger partial charge is 0.191 e. The van der Waals surface area contributed by atoms with E-state index in [2.05, 4.69) is 33.8 Å². The normalized spacial score (nSPS) is 14.0. The quantitative estimate of drug-likeness (QED) is 0.659. The Balaban J connectivity index is 1.46. The summed E-state index contributed by atoms with van der Waals surface area (Å²) in [7, 11) is 1.80. The minimum atomic E-state index is 0.799. The number of nitrogens with zero attached hydrogens (tertiary/aromatic N) is 1. The van der Waals surface area contributed by atoms with Gasteiger partial charge in [0.25, 0.3) is 0 Å². The van der Waals surface area contributed by atoms with Crippen molar-refractivity contribution in [3.8, 4) is 0 Å². The van der Waals surface area contributed by atoms with E-state index in [0.717, 1.165) is 31.2 Å². The summed E-state index contributed by atoms with van der Waals surface area (Å²) < 4.78 is 5.32. The van der Waals surface area contributed by atoms with Crippen LogP contribution in [-0.4, -0.2) is 19.6 Å². The second kappa shape index (κ2) is 7.16. The van der Waals surface area contributed by atoms with E-state index in [1.807, 2.05) is 12.1 Å². The van der Waals surface area contributed by atoms with Crippen LogP contribution < -0.4 is 10.6 Å². The molecule has 0 fully saturated rings. The fourth-order valence-corrected chi connectivity index (χ4v) is 2.90. The topological polar surface area (TPSA) is 49.6 Å². The maximum absolute atomic E-state index is 5.32. The van der Waals surface area contributed by atoms with Crippen LogP contribution in [0.1, 0.15) is 28.9 Å². The highest BCUT2D eigenvalue weighted by molar-refractivity contribution is 5.79. The molecule has 4 nitrogen and oxygen atoms in total. The van der Waals surface area contributed by atoms with Gasteiger partial charge in [-0.1, -0.05) is 18.2 Å².